The summed E-state index contributed by atoms with van der Waals surface area (Å²) in [5.41, 5.74) is 4.61. The van der Waals surface area contributed by atoms with Gasteiger partial charge in [0, 0.05) is 23.9 Å². The Morgan fingerprint density at radius 2 is 1.74 bits per heavy atom. The molecular formula is C30H27N5O2S. The van der Waals surface area contributed by atoms with Gasteiger partial charge in [-0.2, -0.15) is 10.2 Å². The minimum Gasteiger partial charge on any atom is -0.497 e. The van der Waals surface area contributed by atoms with Crippen molar-refractivity contribution in [2.75, 3.05) is 13.7 Å². The predicted molar refractivity (Wildman–Crippen MR) is 154 cm³/mol. The number of rotatable bonds is 9. The number of para-hydroxylation sites is 1. The van der Waals surface area contributed by atoms with Crippen LogP contribution in [-0.4, -0.2) is 50.9 Å². The molecule has 1 atom stereocenters. The van der Waals surface area contributed by atoms with E-state index in [-0.39, 0.29) is 11.2 Å². The van der Waals surface area contributed by atoms with Crippen LogP contribution in [0.2, 0.25) is 0 Å². The fraction of sp³-hybridized carbons (Fsp3) is 0.133. The molecule has 1 unspecified atom stereocenters. The number of aromatic nitrogens is 2. The molecular weight excluding hydrogens is 494 g/mol. The monoisotopic (exact) mass is 521 g/mol. The molecule has 1 aromatic heterocycles. The molecule has 8 heteroatoms. The lowest BCUT2D eigenvalue weighted by Crippen LogP contribution is -2.32. The van der Waals surface area contributed by atoms with E-state index in [4.69, 9.17) is 9.84 Å². The van der Waals surface area contributed by atoms with Gasteiger partial charge < -0.3 is 4.74 Å². The van der Waals surface area contributed by atoms with Crippen molar-refractivity contribution in [2.24, 2.45) is 10.2 Å². The molecule has 1 saturated heterocycles. The quantitative estimate of drug-likeness (QED) is 0.163. The van der Waals surface area contributed by atoms with Gasteiger partial charge in [-0.3, -0.25) is 9.69 Å². The standard InChI is InChI=1S/C30H27N5O2S/c1-3-18-34-29(36)27(19-22-14-16-26(37-2)17-15-22)38-30(34)32-31-20-24-21-35(25-12-8-5-9-13-25)33-28(24)23-10-6-4-7-11-23/h3-17,20-21,27H,1,18-19H2,2H3. The summed E-state index contributed by atoms with van der Waals surface area (Å²) in [7, 11) is 1.64. The minimum absolute atomic E-state index is 0.00143. The van der Waals surface area contributed by atoms with Crippen molar-refractivity contribution >= 4 is 29.1 Å². The Labute approximate surface area is 226 Å². The third-order valence-electron chi connectivity index (χ3n) is 6.06. The maximum atomic E-state index is 13.2. The van der Waals surface area contributed by atoms with E-state index in [1.165, 1.54) is 11.8 Å². The first kappa shape index (κ1) is 25.2. The Bertz CT molecular complexity index is 1460. The average Bonchev–Trinajstić information content (AvgIpc) is 3.52. The van der Waals surface area contributed by atoms with Crippen molar-refractivity contribution in [1.82, 2.24) is 14.7 Å². The second-order valence-corrected chi connectivity index (χ2v) is 9.77. The van der Waals surface area contributed by atoms with Crippen molar-refractivity contribution < 1.29 is 9.53 Å². The third kappa shape index (κ3) is 5.60. The highest BCUT2D eigenvalue weighted by molar-refractivity contribution is 8.15. The zero-order valence-corrected chi connectivity index (χ0v) is 21.8. The molecule has 4 aromatic rings. The van der Waals surface area contributed by atoms with Gasteiger partial charge in [0.25, 0.3) is 0 Å². The highest BCUT2D eigenvalue weighted by atomic mass is 32.2. The number of hydrogen-bond donors (Lipinski definition) is 0. The van der Waals surface area contributed by atoms with Crippen LogP contribution >= 0.6 is 11.8 Å². The normalized spacial score (nSPS) is 16.4. The number of ether oxygens (including phenoxy) is 1. The Balaban J connectivity index is 1.41. The average molecular weight is 522 g/mol. The largest absolute Gasteiger partial charge is 0.497 e. The summed E-state index contributed by atoms with van der Waals surface area (Å²) in [6.07, 6.45) is 5.91. The first-order chi connectivity index (χ1) is 18.7. The van der Waals surface area contributed by atoms with E-state index in [1.54, 1.807) is 24.3 Å². The summed E-state index contributed by atoms with van der Waals surface area (Å²) in [6, 6.07) is 27.7. The molecule has 0 saturated carbocycles. The number of thioether (sulfide) groups is 1. The molecule has 0 aliphatic carbocycles. The third-order valence-corrected chi connectivity index (χ3v) is 7.23. The molecule has 0 bridgehead atoms. The van der Waals surface area contributed by atoms with Gasteiger partial charge in [-0.05, 0) is 36.2 Å². The number of benzene rings is 3. The van der Waals surface area contributed by atoms with Crippen molar-refractivity contribution in [3.63, 3.8) is 0 Å². The molecule has 0 spiro atoms. The minimum atomic E-state index is -0.280. The fourth-order valence-electron chi connectivity index (χ4n) is 4.14. The van der Waals surface area contributed by atoms with E-state index in [2.05, 4.69) is 16.8 Å². The fourth-order valence-corrected chi connectivity index (χ4v) is 5.29. The van der Waals surface area contributed by atoms with Crippen LogP contribution < -0.4 is 4.74 Å². The lowest BCUT2D eigenvalue weighted by molar-refractivity contribution is -0.125. The first-order valence-corrected chi connectivity index (χ1v) is 13.1. The number of methoxy groups -OCH3 is 1. The van der Waals surface area contributed by atoms with Gasteiger partial charge in [0.1, 0.15) is 11.4 Å². The second-order valence-electron chi connectivity index (χ2n) is 8.60. The first-order valence-electron chi connectivity index (χ1n) is 12.2. The van der Waals surface area contributed by atoms with Crippen LogP contribution in [0.3, 0.4) is 0 Å². The SMILES string of the molecule is C=CCN1C(=O)C(Cc2ccc(OC)cc2)SC1=NN=Cc1cn(-c2ccccc2)nc1-c1ccccc1. The summed E-state index contributed by atoms with van der Waals surface area (Å²) >= 11 is 1.42. The van der Waals surface area contributed by atoms with Crippen LogP contribution in [0.4, 0.5) is 0 Å². The molecule has 190 valence electrons. The summed E-state index contributed by atoms with van der Waals surface area (Å²) in [5.74, 6) is 0.788. The number of hydrogen-bond acceptors (Lipinski definition) is 6. The summed E-state index contributed by atoms with van der Waals surface area (Å²) in [5, 5.41) is 13.9. The van der Waals surface area contributed by atoms with Gasteiger partial charge in [-0.1, -0.05) is 78.5 Å². The van der Waals surface area contributed by atoms with Crippen molar-refractivity contribution in [1.29, 1.82) is 0 Å². The van der Waals surface area contributed by atoms with Crippen molar-refractivity contribution in [2.45, 2.75) is 11.7 Å². The lowest BCUT2D eigenvalue weighted by Gasteiger charge is -2.13. The van der Waals surface area contributed by atoms with Crippen molar-refractivity contribution in [3.8, 4) is 22.7 Å². The van der Waals surface area contributed by atoms with Gasteiger partial charge >= 0.3 is 0 Å². The van der Waals surface area contributed by atoms with E-state index in [1.807, 2.05) is 95.8 Å². The van der Waals surface area contributed by atoms with Crippen LogP contribution in [0.15, 0.2) is 114 Å². The molecule has 0 N–H and O–H groups in total. The smallest absolute Gasteiger partial charge is 0.242 e. The molecule has 7 nitrogen and oxygen atoms in total. The maximum Gasteiger partial charge on any atom is 0.242 e. The zero-order valence-electron chi connectivity index (χ0n) is 21.0. The highest BCUT2D eigenvalue weighted by Crippen LogP contribution is 2.30. The van der Waals surface area contributed by atoms with Gasteiger partial charge in [0.05, 0.1) is 24.3 Å². The number of amides is 1. The Hall–Kier alpha value is -4.43. The zero-order chi connectivity index (χ0) is 26.3. The van der Waals surface area contributed by atoms with Gasteiger partial charge in [0.2, 0.25) is 5.91 Å². The van der Waals surface area contributed by atoms with E-state index in [0.717, 1.165) is 33.8 Å². The van der Waals surface area contributed by atoms with Gasteiger partial charge in [0.15, 0.2) is 5.17 Å². The van der Waals surface area contributed by atoms with E-state index >= 15 is 0 Å². The van der Waals surface area contributed by atoms with Crippen LogP contribution in [0.5, 0.6) is 5.75 Å². The number of carbonyl (C=O) groups is 1. The Morgan fingerprint density at radius 3 is 2.42 bits per heavy atom. The van der Waals surface area contributed by atoms with Crippen LogP contribution in [0, 0.1) is 0 Å². The second kappa shape index (κ2) is 11.7. The molecule has 0 radical (unpaired) electrons. The molecule has 2 heterocycles. The molecule has 1 amide bonds. The topological polar surface area (TPSA) is 72.1 Å². The van der Waals surface area contributed by atoms with Crippen LogP contribution in [-0.2, 0) is 11.2 Å². The van der Waals surface area contributed by atoms with Gasteiger partial charge in [-0.25, -0.2) is 4.68 Å². The lowest BCUT2D eigenvalue weighted by atomic mass is 10.1. The maximum absolute atomic E-state index is 13.2. The highest BCUT2D eigenvalue weighted by Gasteiger charge is 2.37. The van der Waals surface area contributed by atoms with E-state index in [9.17, 15) is 4.79 Å². The Morgan fingerprint density at radius 1 is 1.03 bits per heavy atom. The van der Waals surface area contributed by atoms with Crippen LogP contribution in [0.1, 0.15) is 11.1 Å². The van der Waals surface area contributed by atoms with Crippen molar-refractivity contribution in [3.05, 3.63) is 115 Å². The number of nitrogens with zero attached hydrogens (tertiary/aromatic N) is 5. The molecule has 1 fully saturated rings. The molecule has 38 heavy (non-hydrogen) atoms. The summed E-state index contributed by atoms with van der Waals surface area (Å²) in [4.78, 5) is 14.8. The van der Waals surface area contributed by atoms with E-state index < -0.39 is 0 Å². The number of amidine groups is 1. The van der Waals surface area contributed by atoms with Gasteiger partial charge in [-0.15, -0.1) is 11.7 Å². The van der Waals surface area contributed by atoms with E-state index in [0.29, 0.717) is 18.1 Å². The molecule has 1 aliphatic rings. The Kier molecular flexibility index (Phi) is 7.80. The van der Waals surface area contributed by atoms with Crippen LogP contribution in [0.25, 0.3) is 16.9 Å². The number of carbonyl (C=O) groups excluding carboxylic acids is 1. The molecule has 1 aliphatic heterocycles. The molecule has 3 aromatic carbocycles. The predicted octanol–water partition coefficient (Wildman–Crippen LogP) is 5.61. The summed E-state index contributed by atoms with van der Waals surface area (Å²) < 4.78 is 7.07. The summed E-state index contributed by atoms with van der Waals surface area (Å²) in [6.45, 7) is 4.18. The molecule has 5 rings (SSSR count).